The lowest BCUT2D eigenvalue weighted by molar-refractivity contribution is -0.124. The molecule has 26 heavy (non-hydrogen) atoms. The molecule has 2 aromatic rings. The minimum atomic E-state index is -0.747. The lowest BCUT2D eigenvalue weighted by atomic mass is 9.88. The van der Waals surface area contributed by atoms with Gasteiger partial charge in [0.2, 0.25) is 0 Å². The van der Waals surface area contributed by atoms with Crippen molar-refractivity contribution in [1.82, 2.24) is 15.3 Å². The smallest absolute Gasteiger partial charge is 0.254 e. The molecule has 2 aliphatic rings. The summed E-state index contributed by atoms with van der Waals surface area (Å²) in [6.07, 6.45) is 1.16. The van der Waals surface area contributed by atoms with Gasteiger partial charge in [-0.1, -0.05) is 12.1 Å². The number of piperidine rings is 1. The Balaban J connectivity index is 1.60. The molecule has 0 radical (unpaired) electrons. The number of phenolic OH excluding ortho intramolecular Hbond substituents is 1. The third kappa shape index (κ3) is 2.73. The number of rotatable bonds is 2. The Bertz CT molecular complexity index is 902. The van der Waals surface area contributed by atoms with Crippen molar-refractivity contribution >= 4 is 17.7 Å². The molecule has 3 heterocycles. The van der Waals surface area contributed by atoms with Crippen molar-refractivity contribution in [3.05, 3.63) is 36.0 Å². The van der Waals surface area contributed by atoms with Gasteiger partial charge < -0.3 is 15.7 Å². The van der Waals surface area contributed by atoms with Crippen LogP contribution in [0.3, 0.4) is 0 Å². The lowest BCUT2D eigenvalue weighted by Crippen LogP contribution is -2.49. The summed E-state index contributed by atoms with van der Waals surface area (Å²) in [5, 5.41) is 12.7. The molecule has 0 saturated carbocycles. The number of anilines is 1. The molecule has 4 N–H and O–H groups in total. The van der Waals surface area contributed by atoms with Gasteiger partial charge in [0, 0.05) is 24.8 Å². The molecule has 1 saturated heterocycles. The monoisotopic (exact) mass is 352 g/mol. The van der Waals surface area contributed by atoms with Crippen molar-refractivity contribution in [3.63, 3.8) is 0 Å². The standard InChI is InChI=1S/C18H20N6O2/c1-11-10-14(21-15(20-11)12-4-2-3-5-13(12)25)24-8-6-18(7-9-24)16(26)22-17(19)23-18/h2-5,10,25H,6-9H2,1H3,(H3,19,22,23,26). The first kappa shape index (κ1) is 16.3. The van der Waals surface area contributed by atoms with Gasteiger partial charge >= 0.3 is 0 Å². The second-order valence-corrected chi connectivity index (χ2v) is 6.68. The largest absolute Gasteiger partial charge is 0.507 e. The summed E-state index contributed by atoms with van der Waals surface area (Å²) >= 11 is 0. The number of aryl methyl sites for hydroxylation is 1. The minimum Gasteiger partial charge on any atom is -0.507 e. The Morgan fingerprint density at radius 3 is 2.62 bits per heavy atom. The van der Waals surface area contributed by atoms with Crippen molar-refractivity contribution < 1.29 is 9.90 Å². The maximum Gasteiger partial charge on any atom is 0.254 e. The molecule has 0 bridgehead atoms. The fourth-order valence-electron chi connectivity index (χ4n) is 3.48. The van der Waals surface area contributed by atoms with Crippen LogP contribution in [0.5, 0.6) is 5.75 Å². The summed E-state index contributed by atoms with van der Waals surface area (Å²) < 4.78 is 0. The number of guanidine groups is 1. The first-order chi connectivity index (χ1) is 12.5. The molecule has 1 aromatic heterocycles. The van der Waals surface area contributed by atoms with Gasteiger partial charge in [0.05, 0.1) is 5.56 Å². The molecule has 0 aliphatic carbocycles. The first-order valence-electron chi connectivity index (χ1n) is 8.53. The maximum absolute atomic E-state index is 12.2. The van der Waals surface area contributed by atoms with Crippen LogP contribution >= 0.6 is 0 Å². The van der Waals surface area contributed by atoms with E-state index < -0.39 is 5.54 Å². The summed E-state index contributed by atoms with van der Waals surface area (Å²) in [5.41, 5.74) is 6.32. The average molecular weight is 352 g/mol. The normalized spacial score (nSPS) is 18.7. The third-order valence-electron chi connectivity index (χ3n) is 4.90. The fraction of sp³-hybridized carbons (Fsp3) is 0.333. The minimum absolute atomic E-state index is 0.122. The molecule has 1 aromatic carbocycles. The fourth-order valence-corrected chi connectivity index (χ4v) is 3.48. The highest BCUT2D eigenvalue weighted by Crippen LogP contribution is 2.33. The van der Waals surface area contributed by atoms with Crippen LogP contribution in [0.15, 0.2) is 35.3 Å². The van der Waals surface area contributed by atoms with Gasteiger partial charge in [0.1, 0.15) is 17.1 Å². The number of nitrogens with two attached hydrogens (primary N) is 1. The zero-order valence-electron chi connectivity index (χ0n) is 14.4. The van der Waals surface area contributed by atoms with E-state index in [1.807, 2.05) is 19.1 Å². The molecule has 0 unspecified atom stereocenters. The second kappa shape index (κ2) is 5.98. The second-order valence-electron chi connectivity index (χ2n) is 6.68. The van der Waals surface area contributed by atoms with Crippen LogP contribution in [-0.4, -0.2) is 45.6 Å². The van der Waals surface area contributed by atoms with Crippen LogP contribution in [0, 0.1) is 6.92 Å². The summed E-state index contributed by atoms with van der Waals surface area (Å²) in [6, 6.07) is 8.92. The number of nitrogens with zero attached hydrogens (tertiary/aromatic N) is 4. The maximum atomic E-state index is 12.2. The quantitative estimate of drug-likeness (QED) is 0.741. The number of phenols is 1. The van der Waals surface area contributed by atoms with Gasteiger partial charge in [-0.15, -0.1) is 0 Å². The van der Waals surface area contributed by atoms with Crippen LogP contribution in [0.2, 0.25) is 0 Å². The van der Waals surface area contributed by atoms with Crippen LogP contribution < -0.4 is 16.0 Å². The number of carbonyl (C=O) groups is 1. The molecule has 1 fully saturated rings. The van der Waals surface area contributed by atoms with E-state index >= 15 is 0 Å². The van der Waals surface area contributed by atoms with Gasteiger partial charge in [-0.3, -0.25) is 10.1 Å². The molecule has 8 heteroatoms. The van der Waals surface area contributed by atoms with E-state index in [1.54, 1.807) is 18.2 Å². The van der Waals surface area contributed by atoms with Crippen molar-refractivity contribution in [2.24, 2.45) is 10.7 Å². The van der Waals surface area contributed by atoms with E-state index in [0.29, 0.717) is 37.3 Å². The van der Waals surface area contributed by atoms with E-state index in [9.17, 15) is 9.90 Å². The van der Waals surface area contributed by atoms with Gasteiger partial charge in [-0.2, -0.15) is 0 Å². The van der Waals surface area contributed by atoms with Gasteiger partial charge in [-0.25, -0.2) is 15.0 Å². The van der Waals surface area contributed by atoms with E-state index in [0.717, 1.165) is 11.5 Å². The number of aromatic hydroxyl groups is 1. The van der Waals surface area contributed by atoms with Crippen molar-refractivity contribution in [2.45, 2.75) is 25.3 Å². The average Bonchev–Trinajstić information content (AvgIpc) is 2.88. The highest BCUT2D eigenvalue weighted by Gasteiger charge is 2.45. The molecular formula is C18H20N6O2. The zero-order valence-corrected chi connectivity index (χ0v) is 14.4. The summed E-state index contributed by atoms with van der Waals surface area (Å²) in [7, 11) is 0. The van der Waals surface area contributed by atoms with Gasteiger partial charge in [0.25, 0.3) is 5.91 Å². The van der Waals surface area contributed by atoms with Crippen LogP contribution in [0.1, 0.15) is 18.5 Å². The Hall–Kier alpha value is -3.16. The van der Waals surface area contributed by atoms with E-state index in [1.165, 1.54) is 0 Å². The Labute approximate surface area is 150 Å². The molecule has 1 spiro atoms. The summed E-state index contributed by atoms with van der Waals surface area (Å²) in [6.45, 7) is 3.18. The summed E-state index contributed by atoms with van der Waals surface area (Å²) in [4.78, 5) is 27.7. The number of aliphatic imine (C=N–C) groups is 1. The SMILES string of the molecule is Cc1cc(N2CCC3(CC2)N=C(N)NC3=O)nc(-c2ccccc2O)n1. The van der Waals surface area contributed by atoms with Crippen LogP contribution in [0.25, 0.3) is 11.4 Å². The molecule has 0 atom stereocenters. The highest BCUT2D eigenvalue weighted by molar-refractivity contribution is 6.06. The Morgan fingerprint density at radius 1 is 1.23 bits per heavy atom. The number of para-hydroxylation sites is 1. The van der Waals surface area contributed by atoms with Crippen LogP contribution in [0.4, 0.5) is 5.82 Å². The molecule has 134 valence electrons. The van der Waals surface area contributed by atoms with Crippen molar-refractivity contribution in [2.75, 3.05) is 18.0 Å². The van der Waals surface area contributed by atoms with E-state index in [2.05, 4.69) is 25.2 Å². The lowest BCUT2D eigenvalue weighted by Gasteiger charge is -2.36. The van der Waals surface area contributed by atoms with Gasteiger partial charge in [0.15, 0.2) is 11.8 Å². The number of carbonyl (C=O) groups excluding carboxylic acids is 1. The van der Waals surface area contributed by atoms with Gasteiger partial charge in [-0.05, 0) is 31.9 Å². The van der Waals surface area contributed by atoms with Crippen LogP contribution in [-0.2, 0) is 4.79 Å². The molecule has 8 nitrogen and oxygen atoms in total. The molecule has 1 amide bonds. The first-order valence-corrected chi connectivity index (χ1v) is 8.53. The highest BCUT2D eigenvalue weighted by atomic mass is 16.3. The Morgan fingerprint density at radius 2 is 1.96 bits per heavy atom. The van der Waals surface area contributed by atoms with Crippen molar-refractivity contribution in [3.8, 4) is 17.1 Å². The topological polar surface area (TPSA) is 117 Å². The number of hydrogen-bond donors (Lipinski definition) is 3. The van der Waals surface area contributed by atoms with E-state index in [-0.39, 0.29) is 17.6 Å². The molecule has 2 aliphatic heterocycles. The Kier molecular flexibility index (Phi) is 3.75. The predicted octanol–water partition coefficient (Wildman–Crippen LogP) is 0.941. The summed E-state index contributed by atoms with van der Waals surface area (Å²) in [5.74, 6) is 1.49. The number of hydrogen-bond acceptors (Lipinski definition) is 7. The van der Waals surface area contributed by atoms with Crippen molar-refractivity contribution in [1.29, 1.82) is 0 Å². The predicted molar refractivity (Wildman–Crippen MR) is 97.8 cm³/mol. The zero-order chi connectivity index (χ0) is 18.3. The molecule has 4 rings (SSSR count). The molecular weight excluding hydrogens is 332 g/mol. The number of aromatic nitrogens is 2. The van der Waals surface area contributed by atoms with E-state index in [4.69, 9.17) is 5.73 Å². The third-order valence-corrected chi connectivity index (χ3v) is 4.90. The number of benzene rings is 1. The number of nitrogens with one attached hydrogen (secondary N) is 1. The number of amides is 1.